The van der Waals surface area contributed by atoms with Crippen molar-refractivity contribution < 1.29 is 14.0 Å². The van der Waals surface area contributed by atoms with Gasteiger partial charge in [0.05, 0.1) is 10.9 Å². The zero-order valence-electron chi connectivity index (χ0n) is 14.2. The van der Waals surface area contributed by atoms with Gasteiger partial charge in [0.2, 0.25) is 5.91 Å². The van der Waals surface area contributed by atoms with Crippen LogP contribution in [0, 0.1) is 0 Å². The second kappa shape index (κ2) is 7.58. The molecule has 1 aromatic carbocycles. The molecule has 1 aliphatic heterocycles. The quantitative estimate of drug-likeness (QED) is 0.641. The van der Waals surface area contributed by atoms with Crippen LogP contribution in [-0.4, -0.2) is 39.3 Å². The third-order valence-electron chi connectivity index (χ3n) is 4.17. The lowest BCUT2D eigenvalue weighted by molar-refractivity contribution is -0.115. The molecule has 25 heavy (non-hydrogen) atoms. The Balaban J connectivity index is 1.76. The maximum absolute atomic E-state index is 12.6. The highest BCUT2D eigenvalue weighted by atomic mass is 32.2. The Morgan fingerprint density at radius 2 is 1.96 bits per heavy atom. The molecule has 0 bridgehead atoms. The van der Waals surface area contributed by atoms with Gasteiger partial charge in [0.25, 0.3) is 0 Å². The van der Waals surface area contributed by atoms with E-state index in [4.69, 9.17) is 16.6 Å². The van der Waals surface area contributed by atoms with Crippen molar-refractivity contribution in [1.29, 1.82) is 0 Å². The van der Waals surface area contributed by atoms with Crippen molar-refractivity contribution in [2.75, 3.05) is 18.4 Å². The zero-order chi connectivity index (χ0) is 18.0. The summed E-state index contributed by atoms with van der Waals surface area (Å²) in [5.41, 5.74) is 1.02. The number of hydrogen-bond acceptors (Lipinski definition) is 5. The van der Waals surface area contributed by atoms with Crippen LogP contribution in [0.15, 0.2) is 28.7 Å². The van der Waals surface area contributed by atoms with Crippen LogP contribution in [0.1, 0.15) is 37.2 Å². The number of anilines is 1. The molecule has 1 amide bonds. The van der Waals surface area contributed by atoms with Crippen molar-refractivity contribution in [2.24, 2.45) is 0 Å². The second-order valence-electron chi connectivity index (χ2n) is 6.07. The van der Waals surface area contributed by atoms with Crippen LogP contribution in [0.25, 0.3) is 11.0 Å². The van der Waals surface area contributed by atoms with E-state index in [9.17, 15) is 9.59 Å². The molecule has 0 aliphatic carbocycles. The lowest BCUT2D eigenvalue weighted by Crippen LogP contribution is -2.29. The van der Waals surface area contributed by atoms with Gasteiger partial charge in [-0.2, -0.15) is 0 Å². The summed E-state index contributed by atoms with van der Waals surface area (Å²) in [6, 6.07) is 7.28. The van der Waals surface area contributed by atoms with Gasteiger partial charge < -0.3 is 14.6 Å². The first-order valence-electron chi connectivity index (χ1n) is 8.26. The van der Waals surface area contributed by atoms with E-state index in [-0.39, 0.29) is 22.7 Å². The summed E-state index contributed by atoms with van der Waals surface area (Å²) < 4.78 is 6.35. The molecule has 3 rings (SSSR count). The second-order valence-corrected chi connectivity index (χ2v) is 8.04. The molecule has 7 heteroatoms. The van der Waals surface area contributed by atoms with Crippen molar-refractivity contribution in [1.82, 2.24) is 4.90 Å². The van der Waals surface area contributed by atoms with Gasteiger partial charge in [-0.1, -0.05) is 36.1 Å². The average molecular weight is 377 g/mol. The molecule has 0 radical (unpaired) electrons. The minimum absolute atomic E-state index is 0.175. The van der Waals surface area contributed by atoms with Crippen LogP contribution in [0.5, 0.6) is 0 Å². The predicted octanol–water partition coefficient (Wildman–Crippen LogP) is 4.08. The number of ketones is 1. The number of nitrogens with one attached hydrogen (secondary N) is 1. The van der Waals surface area contributed by atoms with Crippen molar-refractivity contribution in [2.45, 2.75) is 31.9 Å². The number of para-hydroxylation sites is 1. The number of rotatable bonds is 4. The number of Topliss-reactive ketones (excluding diaryl/α,β-unsaturated/α-hetero) is 1. The molecular weight excluding hydrogens is 356 g/mol. The first kappa shape index (κ1) is 17.9. The molecule has 1 atom stereocenters. The Morgan fingerprint density at radius 3 is 2.64 bits per heavy atom. The molecule has 0 saturated carbocycles. The van der Waals surface area contributed by atoms with E-state index in [1.165, 1.54) is 18.7 Å². The lowest BCUT2D eigenvalue weighted by Gasteiger charge is -2.20. The molecule has 0 spiro atoms. The Bertz CT molecular complexity index is 825. The Labute approximate surface area is 156 Å². The van der Waals surface area contributed by atoms with Gasteiger partial charge in [-0.25, -0.2) is 0 Å². The van der Waals surface area contributed by atoms with Crippen LogP contribution >= 0.6 is 24.0 Å². The maximum atomic E-state index is 12.6. The highest BCUT2D eigenvalue weighted by molar-refractivity contribution is 8.23. The normalized spacial score (nSPS) is 15.4. The van der Waals surface area contributed by atoms with Crippen LogP contribution in [-0.2, 0) is 4.79 Å². The Hall–Kier alpha value is -1.86. The van der Waals surface area contributed by atoms with Crippen molar-refractivity contribution in [3.63, 3.8) is 0 Å². The van der Waals surface area contributed by atoms with E-state index in [0.29, 0.717) is 11.3 Å². The monoisotopic (exact) mass is 376 g/mol. The Kier molecular flexibility index (Phi) is 5.44. The van der Waals surface area contributed by atoms with Crippen LogP contribution in [0.2, 0.25) is 0 Å². The van der Waals surface area contributed by atoms with Crippen molar-refractivity contribution >= 4 is 56.6 Å². The molecule has 132 valence electrons. The fourth-order valence-electron chi connectivity index (χ4n) is 2.82. The van der Waals surface area contributed by atoms with Crippen LogP contribution in [0.4, 0.5) is 5.69 Å². The molecule has 1 aromatic heterocycles. The minimum atomic E-state index is -0.360. The first-order valence-corrected chi connectivity index (χ1v) is 9.55. The maximum Gasteiger partial charge on any atom is 0.237 e. The molecule has 0 unspecified atom stereocenters. The number of thiocarbonyl (C=S) groups is 1. The number of carbonyl (C=O) groups excluding carboxylic acids is 2. The number of carbonyl (C=O) groups is 2. The number of hydrogen-bond donors (Lipinski definition) is 1. The summed E-state index contributed by atoms with van der Waals surface area (Å²) in [6.07, 6.45) is 2.29. The van der Waals surface area contributed by atoms with E-state index >= 15 is 0 Å². The number of furan rings is 1. The highest BCUT2D eigenvalue weighted by Gasteiger charge is 2.24. The van der Waals surface area contributed by atoms with Crippen LogP contribution < -0.4 is 5.32 Å². The van der Waals surface area contributed by atoms with E-state index in [0.717, 1.165) is 35.6 Å². The Morgan fingerprint density at radius 1 is 1.28 bits per heavy atom. The summed E-state index contributed by atoms with van der Waals surface area (Å²) >= 11 is 6.81. The van der Waals surface area contributed by atoms with Gasteiger partial charge in [0, 0.05) is 25.4 Å². The largest absolute Gasteiger partial charge is 0.451 e. The minimum Gasteiger partial charge on any atom is -0.451 e. The van der Waals surface area contributed by atoms with Crippen molar-refractivity contribution in [3.8, 4) is 0 Å². The molecule has 1 N–H and O–H groups in total. The summed E-state index contributed by atoms with van der Waals surface area (Å²) in [4.78, 5) is 26.6. The first-order chi connectivity index (χ1) is 12.0. The van der Waals surface area contributed by atoms with Gasteiger partial charge in [0.1, 0.15) is 9.90 Å². The standard InChI is InChI=1S/C18H20N2O3S2/c1-11(21)16-15(13-7-3-4-8-14(13)23-16)19-17(22)12(2)25-18(24)20-9-5-6-10-20/h3-4,7-8,12H,5-6,9-10H2,1-2H3,(H,19,22)/t12-/m0/s1. The van der Waals surface area contributed by atoms with Gasteiger partial charge >= 0.3 is 0 Å². The van der Waals surface area contributed by atoms with Gasteiger partial charge in [-0.05, 0) is 31.9 Å². The molecule has 5 nitrogen and oxygen atoms in total. The average Bonchev–Trinajstić information content (AvgIpc) is 3.23. The fraction of sp³-hybridized carbons (Fsp3) is 0.389. The van der Waals surface area contributed by atoms with E-state index in [1.807, 2.05) is 25.1 Å². The van der Waals surface area contributed by atoms with E-state index in [1.54, 1.807) is 6.07 Å². The molecule has 1 fully saturated rings. The van der Waals surface area contributed by atoms with E-state index < -0.39 is 0 Å². The van der Waals surface area contributed by atoms with Crippen LogP contribution in [0.3, 0.4) is 0 Å². The van der Waals surface area contributed by atoms with Crippen molar-refractivity contribution in [3.05, 3.63) is 30.0 Å². The summed E-state index contributed by atoms with van der Waals surface area (Å²) in [5.74, 6) is -0.242. The van der Waals surface area contributed by atoms with E-state index in [2.05, 4.69) is 10.2 Å². The number of amides is 1. The topological polar surface area (TPSA) is 62.6 Å². The molecular formula is C18H20N2O3S2. The summed E-state index contributed by atoms with van der Waals surface area (Å²) in [6.45, 7) is 5.16. The third kappa shape index (κ3) is 3.88. The van der Waals surface area contributed by atoms with Gasteiger partial charge in [-0.15, -0.1) is 0 Å². The number of fused-ring (bicyclic) bond motifs is 1. The third-order valence-corrected chi connectivity index (χ3v) is 5.75. The number of likely N-dealkylation sites (tertiary alicyclic amines) is 1. The number of benzene rings is 1. The fourth-order valence-corrected chi connectivity index (χ4v) is 4.24. The molecule has 1 saturated heterocycles. The molecule has 2 aromatic rings. The number of nitrogens with zero attached hydrogens (tertiary/aromatic N) is 1. The smallest absolute Gasteiger partial charge is 0.237 e. The highest BCUT2D eigenvalue weighted by Crippen LogP contribution is 2.32. The van der Waals surface area contributed by atoms with Gasteiger partial charge in [-0.3, -0.25) is 9.59 Å². The summed E-state index contributed by atoms with van der Waals surface area (Å²) in [5, 5.41) is 3.22. The zero-order valence-corrected chi connectivity index (χ0v) is 15.8. The molecule has 1 aliphatic rings. The lowest BCUT2D eigenvalue weighted by atomic mass is 10.2. The SMILES string of the molecule is CC(=O)c1oc2ccccc2c1NC(=O)[C@H](C)SC(=S)N1CCCC1. The molecule has 2 heterocycles. The van der Waals surface area contributed by atoms with Gasteiger partial charge in [0.15, 0.2) is 11.5 Å². The number of thioether (sulfide) groups is 1. The summed E-state index contributed by atoms with van der Waals surface area (Å²) in [7, 11) is 0. The predicted molar refractivity (Wildman–Crippen MR) is 105 cm³/mol.